The molecule has 0 fully saturated rings. The Morgan fingerprint density at radius 1 is 1.03 bits per heavy atom. The minimum Gasteiger partial charge on any atom is -0.455 e. The molecule has 0 bridgehead atoms. The van der Waals surface area contributed by atoms with E-state index in [0.29, 0.717) is 22.9 Å². The Morgan fingerprint density at radius 2 is 1.76 bits per heavy atom. The van der Waals surface area contributed by atoms with Crippen molar-refractivity contribution in [3.8, 4) is 11.5 Å². The maximum absolute atomic E-state index is 12.7. The quantitative estimate of drug-likeness (QED) is 0.659. The highest BCUT2D eigenvalue weighted by Gasteiger charge is 2.26. The molecule has 1 aliphatic heterocycles. The fourth-order valence-corrected chi connectivity index (χ4v) is 3.99. The van der Waals surface area contributed by atoms with Gasteiger partial charge in [-0.2, -0.15) is 0 Å². The molecule has 29 heavy (non-hydrogen) atoms. The Balaban J connectivity index is 1.49. The summed E-state index contributed by atoms with van der Waals surface area (Å²) in [7, 11) is 0. The average molecular weight is 404 g/mol. The SMILES string of the molecule is Cc1ccc(Oc2ccccc2NC(=O)CN2C(=O)CSc3ccccc32)cc1. The third kappa shape index (κ3) is 4.43. The molecular formula is C23H20N2O3S. The molecular weight excluding hydrogens is 384 g/mol. The third-order valence-corrected chi connectivity index (χ3v) is 5.57. The summed E-state index contributed by atoms with van der Waals surface area (Å²) in [5, 5.41) is 2.88. The lowest BCUT2D eigenvalue weighted by molar-refractivity contribution is -0.120. The first-order valence-electron chi connectivity index (χ1n) is 9.26. The zero-order valence-corrected chi connectivity index (χ0v) is 16.7. The second kappa shape index (κ2) is 8.41. The largest absolute Gasteiger partial charge is 0.455 e. The number of ether oxygens (including phenoxy) is 1. The van der Waals surface area contributed by atoms with E-state index in [2.05, 4.69) is 5.32 Å². The molecule has 6 heteroatoms. The lowest BCUT2D eigenvalue weighted by Gasteiger charge is -2.28. The van der Waals surface area contributed by atoms with E-state index in [0.717, 1.165) is 16.1 Å². The highest BCUT2D eigenvalue weighted by Crippen LogP contribution is 2.35. The monoisotopic (exact) mass is 404 g/mol. The van der Waals surface area contributed by atoms with E-state index in [9.17, 15) is 9.59 Å². The zero-order chi connectivity index (χ0) is 20.2. The highest BCUT2D eigenvalue weighted by atomic mass is 32.2. The van der Waals surface area contributed by atoms with E-state index in [-0.39, 0.29) is 18.4 Å². The van der Waals surface area contributed by atoms with Gasteiger partial charge in [0.1, 0.15) is 12.3 Å². The molecule has 1 heterocycles. The number of amides is 2. The number of nitrogens with zero attached hydrogens (tertiary/aromatic N) is 1. The number of hydrogen-bond donors (Lipinski definition) is 1. The van der Waals surface area contributed by atoms with Crippen molar-refractivity contribution in [3.05, 3.63) is 78.4 Å². The van der Waals surface area contributed by atoms with Crippen LogP contribution >= 0.6 is 11.8 Å². The summed E-state index contributed by atoms with van der Waals surface area (Å²) >= 11 is 1.49. The van der Waals surface area contributed by atoms with Gasteiger partial charge in [0.15, 0.2) is 5.75 Å². The number of rotatable bonds is 5. The number of hydrogen-bond acceptors (Lipinski definition) is 4. The lowest BCUT2D eigenvalue weighted by Crippen LogP contribution is -2.41. The van der Waals surface area contributed by atoms with Crippen LogP contribution in [-0.4, -0.2) is 24.1 Å². The first-order chi connectivity index (χ1) is 14.1. The molecule has 3 aromatic carbocycles. The van der Waals surface area contributed by atoms with Crippen LogP contribution < -0.4 is 15.0 Å². The van der Waals surface area contributed by atoms with Crippen LogP contribution in [0.25, 0.3) is 0 Å². The highest BCUT2D eigenvalue weighted by molar-refractivity contribution is 8.00. The number of benzene rings is 3. The van der Waals surface area contributed by atoms with Gasteiger partial charge in [-0.15, -0.1) is 11.8 Å². The Hall–Kier alpha value is -3.25. The van der Waals surface area contributed by atoms with Crippen molar-refractivity contribution in [2.45, 2.75) is 11.8 Å². The standard InChI is InChI=1S/C23H20N2O3S/c1-16-10-12-17(13-11-16)28-20-8-4-2-6-18(20)24-22(26)14-25-19-7-3-5-9-21(19)29-15-23(25)27/h2-13H,14-15H2,1H3,(H,24,26). The predicted molar refractivity (Wildman–Crippen MR) is 116 cm³/mol. The average Bonchev–Trinajstić information content (AvgIpc) is 2.73. The summed E-state index contributed by atoms with van der Waals surface area (Å²) < 4.78 is 5.93. The first kappa shape index (κ1) is 19.1. The van der Waals surface area contributed by atoms with E-state index >= 15 is 0 Å². The summed E-state index contributed by atoms with van der Waals surface area (Å²) in [5.41, 5.74) is 2.47. The van der Waals surface area contributed by atoms with Crippen LogP contribution in [0.2, 0.25) is 0 Å². The Kier molecular flexibility index (Phi) is 5.53. The molecule has 0 aliphatic carbocycles. The van der Waals surface area contributed by atoms with Gasteiger partial charge in [0, 0.05) is 4.90 Å². The number of carbonyl (C=O) groups is 2. The summed E-state index contributed by atoms with van der Waals surface area (Å²) in [6, 6.07) is 22.6. The summed E-state index contributed by atoms with van der Waals surface area (Å²) in [6.07, 6.45) is 0. The molecule has 146 valence electrons. The van der Waals surface area contributed by atoms with Crippen LogP contribution in [0.3, 0.4) is 0 Å². The van der Waals surface area contributed by atoms with Gasteiger partial charge in [-0.25, -0.2) is 0 Å². The molecule has 0 atom stereocenters. The molecule has 4 rings (SSSR count). The molecule has 0 spiro atoms. The molecule has 2 amide bonds. The van der Waals surface area contributed by atoms with Gasteiger partial charge >= 0.3 is 0 Å². The second-order valence-corrected chi connectivity index (χ2v) is 7.71. The molecule has 0 unspecified atom stereocenters. The zero-order valence-electron chi connectivity index (χ0n) is 15.9. The molecule has 0 saturated heterocycles. The fraction of sp³-hybridized carbons (Fsp3) is 0.130. The van der Waals surface area contributed by atoms with Crippen molar-refractivity contribution in [2.75, 3.05) is 22.5 Å². The Bertz CT molecular complexity index is 1050. The molecule has 0 radical (unpaired) electrons. The molecule has 3 aromatic rings. The number of aryl methyl sites for hydroxylation is 1. The van der Waals surface area contributed by atoms with Gasteiger partial charge in [0.05, 0.1) is 17.1 Å². The summed E-state index contributed by atoms with van der Waals surface area (Å²) in [5.74, 6) is 1.21. The number of carbonyl (C=O) groups excluding carboxylic acids is 2. The molecule has 0 aromatic heterocycles. The van der Waals surface area contributed by atoms with Gasteiger partial charge in [-0.3, -0.25) is 9.59 Å². The first-order valence-corrected chi connectivity index (χ1v) is 10.2. The van der Waals surface area contributed by atoms with Gasteiger partial charge < -0.3 is 15.0 Å². The fourth-order valence-electron chi connectivity index (χ4n) is 3.05. The maximum atomic E-state index is 12.7. The minimum absolute atomic E-state index is 0.0464. The van der Waals surface area contributed by atoms with Crippen LogP contribution in [0.15, 0.2) is 77.7 Å². The van der Waals surface area contributed by atoms with Crippen LogP contribution in [0.5, 0.6) is 11.5 Å². The van der Waals surface area contributed by atoms with Crippen LogP contribution in [-0.2, 0) is 9.59 Å². The van der Waals surface area contributed by atoms with E-state index in [1.165, 1.54) is 16.7 Å². The van der Waals surface area contributed by atoms with Crippen molar-refractivity contribution in [3.63, 3.8) is 0 Å². The smallest absolute Gasteiger partial charge is 0.244 e. The van der Waals surface area contributed by atoms with Gasteiger partial charge in [-0.1, -0.05) is 42.0 Å². The number of anilines is 2. The van der Waals surface area contributed by atoms with Crippen molar-refractivity contribution >= 4 is 35.0 Å². The second-order valence-electron chi connectivity index (χ2n) is 6.70. The van der Waals surface area contributed by atoms with Gasteiger partial charge in [-0.05, 0) is 43.3 Å². The lowest BCUT2D eigenvalue weighted by atomic mass is 10.2. The molecule has 1 N–H and O–H groups in total. The van der Waals surface area contributed by atoms with Crippen molar-refractivity contribution < 1.29 is 14.3 Å². The minimum atomic E-state index is -0.278. The van der Waals surface area contributed by atoms with E-state index < -0.39 is 0 Å². The van der Waals surface area contributed by atoms with Crippen LogP contribution in [0.1, 0.15) is 5.56 Å². The van der Waals surface area contributed by atoms with Gasteiger partial charge in [0.2, 0.25) is 11.8 Å². The van der Waals surface area contributed by atoms with E-state index in [1.807, 2.05) is 67.6 Å². The Labute approximate surface area is 173 Å². The van der Waals surface area contributed by atoms with Gasteiger partial charge in [0.25, 0.3) is 0 Å². The predicted octanol–water partition coefficient (Wildman–Crippen LogP) is 4.86. The van der Waals surface area contributed by atoms with Crippen molar-refractivity contribution in [2.24, 2.45) is 0 Å². The number of nitrogens with one attached hydrogen (secondary N) is 1. The van der Waals surface area contributed by atoms with E-state index in [4.69, 9.17) is 4.74 Å². The van der Waals surface area contributed by atoms with E-state index in [1.54, 1.807) is 12.1 Å². The molecule has 0 saturated carbocycles. The third-order valence-electron chi connectivity index (χ3n) is 4.52. The molecule has 5 nitrogen and oxygen atoms in total. The normalized spacial score (nSPS) is 13.0. The number of para-hydroxylation sites is 3. The Morgan fingerprint density at radius 3 is 2.59 bits per heavy atom. The summed E-state index contributed by atoms with van der Waals surface area (Å²) in [6.45, 7) is 1.96. The summed E-state index contributed by atoms with van der Waals surface area (Å²) in [4.78, 5) is 27.6. The van der Waals surface area contributed by atoms with Crippen molar-refractivity contribution in [1.82, 2.24) is 0 Å². The maximum Gasteiger partial charge on any atom is 0.244 e. The number of thioether (sulfide) groups is 1. The van der Waals surface area contributed by atoms with Crippen LogP contribution in [0.4, 0.5) is 11.4 Å². The molecule has 1 aliphatic rings. The van der Waals surface area contributed by atoms with Crippen molar-refractivity contribution in [1.29, 1.82) is 0 Å². The topological polar surface area (TPSA) is 58.6 Å². The van der Waals surface area contributed by atoms with Crippen LogP contribution in [0, 0.1) is 6.92 Å². The number of fused-ring (bicyclic) bond motifs is 1.